The number of piperidine rings is 1. The van der Waals surface area contributed by atoms with Gasteiger partial charge in [0.1, 0.15) is 11.4 Å². The summed E-state index contributed by atoms with van der Waals surface area (Å²) in [6, 6.07) is 7.97. The molecule has 1 aromatic rings. The van der Waals surface area contributed by atoms with Gasteiger partial charge in [-0.1, -0.05) is 25.1 Å². The predicted octanol–water partition coefficient (Wildman–Crippen LogP) is 4.69. The second-order valence-electron chi connectivity index (χ2n) is 10.1. The average Bonchev–Trinajstić information content (AvgIpc) is 2.78. The summed E-state index contributed by atoms with van der Waals surface area (Å²) < 4.78 is 17.3. The van der Waals surface area contributed by atoms with Crippen molar-refractivity contribution >= 4 is 12.1 Å². The molecule has 1 saturated heterocycles. The summed E-state index contributed by atoms with van der Waals surface area (Å²) in [4.78, 5) is 24.0. The molecule has 2 atom stereocenters. The van der Waals surface area contributed by atoms with Crippen LogP contribution in [0.25, 0.3) is 0 Å². The van der Waals surface area contributed by atoms with E-state index in [-0.39, 0.29) is 30.3 Å². The second-order valence-corrected chi connectivity index (χ2v) is 10.1. The Morgan fingerprint density at radius 1 is 1.09 bits per heavy atom. The molecule has 7 heteroatoms. The van der Waals surface area contributed by atoms with Crippen LogP contribution in [-0.4, -0.2) is 49.0 Å². The van der Waals surface area contributed by atoms with Gasteiger partial charge in [-0.05, 0) is 83.4 Å². The Morgan fingerprint density at radius 3 is 2.52 bits per heavy atom. The first-order valence-electron chi connectivity index (χ1n) is 12.4. The zero-order valence-electron chi connectivity index (χ0n) is 20.5. The van der Waals surface area contributed by atoms with Gasteiger partial charge in [0.2, 0.25) is 0 Å². The monoisotopic (exact) mass is 460 g/mol. The van der Waals surface area contributed by atoms with E-state index in [4.69, 9.17) is 14.2 Å². The maximum absolute atomic E-state index is 12.2. The zero-order chi connectivity index (χ0) is 23.8. The standard InChI is InChI=1S/C26H40N2O5/c1-5-24(29)32-23-11-7-6-9-20(23)18-12-14-19(15-13-18)31-17-22-21(10-8-16-27-22)28-25(30)33-26(2,3)4/h6-7,9,11,18-19,21-22,27H,5,8,10,12-17H2,1-4H3,(H,28,30). The van der Waals surface area contributed by atoms with E-state index in [2.05, 4.69) is 16.7 Å². The number of para-hydroxylation sites is 1. The molecule has 1 heterocycles. The number of benzene rings is 1. The van der Waals surface area contributed by atoms with Crippen LogP contribution in [0.15, 0.2) is 24.3 Å². The van der Waals surface area contributed by atoms with Gasteiger partial charge in [0.05, 0.1) is 18.8 Å². The number of esters is 1. The van der Waals surface area contributed by atoms with Crippen LogP contribution in [0.4, 0.5) is 4.79 Å². The first-order chi connectivity index (χ1) is 15.7. The van der Waals surface area contributed by atoms with Gasteiger partial charge in [-0.2, -0.15) is 0 Å². The zero-order valence-corrected chi connectivity index (χ0v) is 20.5. The van der Waals surface area contributed by atoms with Crippen molar-refractivity contribution in [3.05, 3.63) is 29.8 Å². The minimum absolute atomic E-state index is 0.00469. The van der Waals surface area contributed by atoms with E-state index in [9.17, 15) is 9.59 Å². The number of alkyl carbamates (subject to hydrolysis) is 1. The van der Waals surface area contributed by atoms with Crippen LogP contribution in [0.1, 0.15) is 84.1 Å². The Hall–Kier alpha value is -2.12. The fourth-order valence-corrected chi connectivity index (χ4v) is 4.65. The van der Waals surface area contributed by atoms with E-state index in [1.165, 1.54) is 0 Å². The van der Waals surface area contributed by atoms with Crippen molar-refractivity contribution in [2.75, 3.05) is 13.2 Å². The molecule has 0 spiro atoms. The molecule has 184 valence electrons. The lowest BCUT2D eigenvalue weighted by molar-refractivity contribution is -0.134. The Bertz CT molecular complexity index is 783. The quantitative estimate of drug-likeness (QED) is 0.454. The second kappa shape index (κ2) is 11.8. The van der Waals surface area contributed by atoms with Gasteiger partial charge >= 0.3 is 12.1 Å². The fraction of sp³-hybridized carbons (Fsp3) is 0.692. The largest absolute Gasteiger partial charge is 0.444 e. The minimum Gasteiger partial charge on any atom is -0.444 e. The van der Waals surface area contributed by atoms with Crippen molar-refractivity contribution in [1.82, 2.24) is 10.6 Å². The highest BCUT2D eigenvalue weighted by Crippen LogP contribution is 2.38. The summed E-state index contributed by atoms with van der Waals surface area (Å²) in [6.07, 6.45) is 6.08. The Labute approximate surface area is 197 Å². The summed E-state index contributed by atoms with van der Waals surface area (Å²) in [5.74, 6) is 0.866. The molecular weight excluding hydrogens is 420 g/mol. The van der Waals surface area contributed by atoms with Crippen molar-refractivity contribution < 1.29 is 23.8 Å². The highest BCUT2D eigenvalue weighted by molar-refractivity contribution is 5.72. The van der Waals surface area contributed by atoms with Crippen LogP contribution >= 0.6 is 0 Å². The number of carbonyl (C=O) groups excluding carboxylic acids is 2. The molecule has 1 amide bonds. The van der Waals surface area contributed by atoms with Crippen molar-refractivity contribution in [1.29, 1.82) is 0 Å². The molecular formula is C26H40N2O5. The van der Waals surface area contributed by atoms with Gasteiger partial charge in [0.15, 0.2) is 0 Å². The van der Waals surface area contributed by atoms with Crippen molar-refractivity contribution in [3.63, 3.8) is 0 Å². The van der Waals surface area contributed by atoms with Crippen LogP contribution in [-0.2, 0) is 14.3 Å². The van der Waals surface area contributed by atoms with E-state index < -0.39 is 5.60 Å². The summed E-state index contributed by atoms with van der Waals surface area (Å²) in [5, 5.41) is 6.52. The van der Waals surface area contributed by atoms with Gasteiger partial charge in [-0.3, -0.25) is 4.79 Å². The molecule has 0 radical (unpaired) electrons. The molecule has 3 rings (SSSR count). The number of hydrogen-bond acceptors (Lipinski definition) is 6. The highest BCUT2D eigenvalue weighted by atomic mass is 16.6. The molecule has 2 fully saturated rings. The molecule has 2 aliphatic rings. The van der Waals surface area contributed by atoms with Gasteiger partial charge in [-0.25, -0.2) is 4.79 Å². The van der Waals surface area contributed by atoms with Crippen LogP contribution < -0.4 is 15.4 Å². The van der Waals surface area contributed by atoms with Crippen LogP contribution in [0.2, 0.25) is 0 Å². The average molecular weight is 461 g/mol. The Balaban J connectivity index is 1.48. The minimum atomic E-state index is -0.510. The Kier molecular flexibility index (Phi) is 9.15. The third-order valence-corrected chi connectivity index (χ3v) is 6.34. The topological polar surface area (TPSA) is 85.9 Å². The van der Waals surface area contributed by atoms with Crippen molar-refractivity contribution in [2.45, 2.75) is 102 Å². The third kappa shape index (κ3) is 8.00. The van der Waals surface area contributed by atoms with E-state index in [0.717, 1.165) is 50.6 Å². The van der Waals surface area contributed by atoms with Crippen LogP contribution in [0, 0.1) is 0 Å². The highest BCUT2D eigenvalue weighted by Gasteiger charge is 2.30. The lowest BCUT2D eigenvalue weighted by Crippen LogP contribution is -2.56. The summed E-state index contributed by atoms with van der Waals surface area (Å²) >= 11 is 0. The SMILES string of the molecule is CCC(=O)Oc1ccccc1C1CCC(OCC2NCCCC2NC(=O)OC(C)(C)C)CC1. The maximum atomic E-state index is 12.2. The molecule has 1 aromatic carbocycles. The van der Waals surface area contributed by atoms with Crippen molar-refractivity contribution in [2.24, 2.45) is 0 Å². The number of amides is 1. The molecule has 0 bridgehead atoms. The molecule has 33 heavy (non-hydrogen) atoms. The van der Waals surface area contributed by atoms with Crippen LogP contribution in [0.5, 0.6) is 5.75 Å². The van der Waals surface area contributed by atoms with Crippen molar-refractivity contribution in [3.8, 4) is 5.75 Å². The van der Waals surface area contributed by atoms with E-state index in [0.29, 0.717) is 24.7 Å². The summed E-state index contributed by atoms with van der Waals surface area (Å²) in [7, 11) is 0. The lowest BCUT2D eigenvalue weighted by Gasteiger charge is -2.35. The van der Waals surface area contributed by atoms with E-state index >= 15 is 0 Å². The summed E-state index contributed by atoms with van der Waals surface area (Å²) in [6.45, 7) is 8.92. The molecule has 0 aromatic heterocycles. The van der Waals surface area contributed by atoms with Gasteiger partial charge < -0.3 is 24.8 Å². The number of rotatable bonds is 7. The number of hydrogen-bond donors (Lipinski definition) is 2. The first-order valence-corrected chi connectivity index (χ1v) is 12.4. The molecule has 1 aliphatic carbocycles. The number of nitrogens with one attached hydrogen (secondary N) is 2. The van der Waals surface area contributed by atoms with E-state index in [1.807, 2.05) is 45.9 Å². The number of ether oxygens (including phenoxy) is 3. The molecule has 1 aliphatic heterocycles. The smallest absolute Gasteiger partial charge is 0.407 e. The molecule has 7 nitrogen and oxygen atoms in total. The van der Waals surface area contributed by atoms with Gasteiger partial charge in [-0.15, -0.1) is 0 Å². The number of carbonyl (C=O) groups is 2. The molecule has 2 unspecified atom stereocenters. The lowest BCUT2D eigenvalue weighted by atomic mass is 9.82. The first kappa shape index (κ1) is 25.5. The van der Waals surface area contributed by atoms with E-state index in [1.54, 1.807) is 0 Å². The van der Waals surface area contributed by atoms with Gasteiger partial charge in [0, 0.05) is 12.5 Å². The summed E-state index contributed by atoms with van der Waals surface area (Å²) in [5.41, 5.74) is 0.609. The fourth-order valence-electron chi connectivity index (χ4n) is 4.65. The normalized spacial score (nSPS) is 25.8. The predicted molar refractivity (Wildman–Crippen MR) is 127 cm³/mol. The van der Waals surface area contributed by atoms with Crippen LogP contribution in [0.3, 0.4) is 0 Å². The molecule has 1 saturated carbocycles. The molecule has 2 N–H and O–H groups in total. The Morgan fingerprint density at radius 2 is 1.82 bits per heavy atom. The maximum Gasteiger partial charge on any atom is 0.407 e. The van der Waals surface area contributed by atoms with Gasteiger partial charge in [0.25, 0.3) is 0 Å². The third-order valence-electron chi connectivity index (χ3n) is 6.34.